The number of piperidine rings is 1. The minimum atomic E-state index is -0.627. The number of hydrogen-bond acceptors (Lipinski definition) is 4. The van der Waals surface area contributed by atoms with Crippen LogP contribution in [0.5, 0.6) is 5.75 Å². The first-order valence-corrected chi connectivity index (χ1v) is 15.0. The monoisotopic (exact) mass is 592 g/mol. The molecule has 0 saturated carbocycles. The number of benzene rings is 1. The van der Waals surface area contributed by atoms with E-state index in [0.29, 0.717) is 11.5 Å². The van der Waals surface area contributed by atoms with E-state index in [1.54, 1.807) is 45.2 Å². The molecular weight excluding hydrogens is 534 g/mol. The van der Waals surface area contributed by atoms with Gasteiger partial charge in [0.15, 0.2) is 0 Å². The van der Waals surface area contributed by atoms with Crippen molar-refractivity contribution in [1.29, 1.82) is 0 Å². The van der Waals surface area contributed by atoms with Crippen molar-refractivity contribution >= 4 is 6.41 Å². The van der Waals surface area contributed by atoms with E-state index in [9.17, 15) is 13.6 Å². The van der Waals surface area contributed by atoms with E-state index in [-0.39, 0.29) is 0 Å². The van der Waals surface area contributed by atoms with Crippen molar-refractivity contribution in [2.45, 2.75) is 73.1 Å². The average Bonchev–Trinajstić information content (AvgIpc) is 2.98. The van der Waals surface area contributed by atoms with Gasteiger partial charge in [-0.05, 0) is 94.3 Å². The predicted octanol–water partition coefficient (Wildman–Crippen LogP) is 8.90. The summed E-state index contributed by atoms with van der Waals surface area (Å²) in [7, 11) is 5.23. The van der Waals surface area contributed by atoms with Crippen LogP contribution in [0.15, 0.2) is 72.4 Å². The lowest BCUT2D eigenvalue weighted by atomic mass is 9.89. The largest absolute Gasteiger partial charge is 0.497 e. The molecule has 1 fully saturated rings. The van der Waals surface area contributed by atoms with Crippen LogP contribution in [-0.4, -0.2) is 70.3 Å². The number of carbonyl (C=O) groups is 1. The van der Waals surface area contributed by atoms with Crippen LogP contribution in [0.1, 0.15) is 78.7 Å². The summed E-state index contributed by atoms with van der Waals surface area (Å²) in [6.45, 7) is 20.3. The van der Waals surface area contributed by atoms with Crippen LogP contribution in [0, 0.1) is 5.92 Å². The van der Waals surface area contributed by atoms with E-state index >= 15 is 0 Å². The average molecular weight is 593 g/mol. The molecule has 0 radical (unpaired) electrons. The Bertz CT molecular complexity index is 899. The maximum Gasteiger partial charge on any atom is 0.209 e. The van der Waals surface area contributed by atoms with E-state index in [0.717, 1.165) is 43.7 Å². The summed E-state index contributed by atoms with van der Waals surface area (Å²) >= 11 is 0. The van der Waals surface area contributed by atoms with Crippen LogP contribution in [0.3, 0.4) is 0 Å². The lowest BCUT2D eigenvalue weighted by Crippen LogP contribution is -2.34. The Labute approximate surface area is 256 Å². The molecule has 1 aliphatic rings. The highest BCUT2D eigenvalue weighted by atomic mass is 19.1. The van der Waals surface area contributed by atoms with E-state index in [2.05, 4.69) is 56.5 Å². The second-order valence-corrected chi connectivity index (χ2v) is 10.6. The molecule has 0 aliphatic carbocycles. The fourth-order valence-corrected chi connectivity index (χ4v) is 3.54. The number of nitrogens with zero attached hydrogens (tertiary/aromatic N) is 2. The van der Waals surface area contributed by atoms with Gasteiger partial charge in [-0.1, -0.05) is 58.1 Å². The summed E-state index contributed by atoms with van der Waals surface area (Å²) in [4.78, 5) is 13.8. The smallest absolute Gasteiger partial charge is 0.209 e. The molecule has 0 aromatic heterocycles. The summed E-state index contributed by atoms with van der Waals surface area (Å²) in [5.74, 6) is 1.36. The van der Waals surface area contributed by atoms with Crippen LogP contribution >= 0.6 is 0 Å². The fourth-order valence-electron chi connectivity index (χ4n) is 3.54. The number of halogens is 2. The molecule has 1 amide bonds. The van der Waals surface area contributed by atoms with Crippen molar-refractivity contribution in [1.82, 2.24) is 9.80 Å². The van der Waals surface area contributed by atoms with Crippen molar-refractivity contribution in [3.05, 3.63) is 77.9 Å². The molecule has 1 aliphatic heterocycles. The van der Waals surface area contributed by atoms with Crippen LogP contribution in [0.25, 0.3) is 0 Å². The number of allylic oxidation sites excluding steroid dienone is 7. The highest BCUT2D eigenvalue weighted by Crippen LogP contribution is 2.29. The highest BCUT2D eigenvalue weighted by Gasteiger charge is 2.20. The maximum absolute atomic E-state index is 12.7. The molecular formula is C35H58F2N2O3. The normalized spacial score (nSPS) is 14.2. The van der Waals surface area contributed by atoms with Crippen LogP contribution in [0.2, 0.25) is 0 Å². The zero-order chi connectivity index (χ0) is 32.3. The number of carbonyl (C=O) groups excluding carboxylic acids is 1. The van der Waals surface area contributed by atoms with Gasteiger partial charge in [-0.2, -0.15) is 0 Å². The molecule has 5 nitrogen and oxygen atoms in total. The second-order valence-electron chi connectivity index (χ2n) is 10.6. The van der Waals surface area contributed by atoms with Gasteiger partial charge in [0.05, 0.1) is 12.9 Å². The van der Waals surface area contributed by atoms with Gasteiger partial charge in [0, 0.05) is 39.9 Å². The summed E-state index contributed by atoms with van der Waals surface area (Å²) in [5.41, 5.74) is 1.96. The first-order valence-electron chi connectivity index (χ1n) is 15.0. The number of hydrogen-bond donors (Lipinski definition) is 0. The van der Waals surface area contributed by atoms with Gasteiger partial charge in [-0.15, -0.1) is 0 Å². The molecule has 1 aromatic rings. The van der Waals surface area contributed by atoms with Crippen molar-refractivity contribution in [3.8, 4) is 5.75 Å². The third-order valence-electron chi connectivity index (χ3n) is 6.53. The van der Waals surface area contributed by atoms with Gasteiger partial charge in [-0.25, -0.2) is 8.78 Å². The third kappa shape index (κ3) is 23.9. The molecule has 0 atom stereocenters. The SMILES string of the molecule is C=C(/C=C/C)/C=C(F)\C=C(/C)F.CCC(C)C.CCN(C)C=O.COCCCN1CCC(c2ccc(OC)cc2)CC1. The molecule has 42 heavy (non-hydrogen) atoms. The van der Waals surface area contributed by atoms with Gasteiger partial charge in [0.1, 0.15) is 11.6 Å². The van der Waals surface area contributed by atoms with Gasteiger partial charge in [0.2, 0.25) is 6.41 Å². The quantitative estimate of drug-likeness (QED) is 0.138. The Balaban J connectivity index is 0. The Morgan fingerprint density at radius 3 is 2.07 bits per heavy atom. The predicted molar refractivity (Wildman–Crippen MR) is 175 cm³/mol. The first kappa shape index (κ1) is 41.4. The van der Waals surface area contributed by atoms with Crippen molar-refractivity contribution < 1.29 is 23.0 Å². The van der Waals surface area contributed by atoms with E-state index in [1.165, 1.54) is 57.5 Å². The van der Waals surface area contributed by atoms with Crippen LogP contribution < -0.4 is 4.74 Å². The molecule has 0 spiro atoms. The molecule has 1 saturated heterocycles. The lowest BCUT2D eigenvalue weighted by molar-refractivity contribution is -0.116. The van der Waals surface area contributed by atoms with Crippen LogP contribution in [0.4, 0.5) is 8.78 Å². The van der Waals surface area contributed by atoms with E-state index in [4.69, 9.17) is 9.47 Å². The topological polar surface area (TPSA) is 42.0 Å². The molecule has 7 heteroatoms. The summed E-state index contributed by atoms with van der Waals surface area (Å²) in [5, 5.41) is 0. The Hall–Kier alpha value is -2.77. The zero-order valence-electron chi connectivity index (χ0n) is 27.8. The van der Waals surface area contributed by atoms with Gasteiger partial charge in [0.25, 0.3) is 0 Å². The van der Waals surface area contributed by atoms with E-state index in [1.807, 2.05) is 6.92 Å². The van der Waals surface area contributed by atoms with Crippen molar-refractivity contribution in [3.63, 3.8) is 0 Å². The zero-order valence-corrected chi connectivity index (χ0v) is 27.8. The first-order chi connectivity index (χ1) is 20.0. The molecule has 0 N–H and O–H groups in total. The maximum atomic E-state index is 12.7. The van der Waals surface area contributed by atoms with Gasteiger partial charge < -0.3 is 19.3 Å². The number of amides is 1. The molecule has 0 unspecified atom stereocenters. The van der Waals surface area contributed by atoms with Crippen LogP contribution in [-0.2, 0) is 9.53 Å². The third-order valence-corrected chi connectivity index (χ3v) is 6.53. The number of rotatable bonds is 12. The summed E-state index contributed by atoms with van der Waals surface area (Å²) in [6, 6.07) is 8.56. The standard InChI is InChI=1S/C16H25NO2.C10H12F2.C5H12.C4H9NO/c1-18-13-3-10-17-11-8-15(9-12-17)14-4-6-16(19-2)7-5-14;1-4-5-8(2)6-10(12)7-9(3)11;1-4-5(2)3;1-3-5(2)4-6/h4-7,15H,3,8-13H2,1-2H3;4-7H,2H2,1,3H3;5H,4H2,1-3H3;4H,3H2,1-2H3/b;5-4+,9-7+,10-6+;;. The van der Waals surface area contributed by atoms with Gasteiger partial charge >= 0.3 is 0 Å². The lowest BCUT2D eigenvalue weighted by Gasteiger charge is -2.32. The van der Waals surface area contributed by atoms with Gasteiger partial charge in [-0.3, -0.25) is 4.79 Å². The molecule has 2 rings (SSSR count). The molecule has 240 valence electrons. The number of likely N-dealkylation sites (tertiary alicyclic amines) is 1. The van der Waals surface area contributed by atoms with Crippen molar-refractivity contribution in [2.75, 3.05) is 54.1 Å². The fraction of sp³-hybridized carbons (Fsp3) is 0.571. The molecule has 1 aromatic carbocycles. The minimum absolute atomic E-state index is 0.507. The Morgan fingerprint density at radius 2 is 1.69 bits per heavy atom. The highest BCUT2D eigenvalue weighted by molar-refractivity contribution is 5.45. The van der Waals surface area contributed by atoms with E-state index < -0.39 is 11.7 Å². The summed E-state index contributed by atoms with van der Waals surface area (Å²) in [6.07, 6.45) is 11.1. The Morgan fingerprint density at radius 1 is 1.12 bits per heavy atom. The second kappa shape index (κ2) is 27.1. The number of methoxy groups -OCH3 is 2. The molecule has 0 bridgehead atoms. The Kier molecular flexibility index (Phi) is 26.7. The number of ether oxygens (including phenoxy) is 2. The minimum Gasteiger partial charge on any atom is -0.497 e. The molecule has 1 heterocycles. The van der Waals surface area contributed by atoms with Crippen molar-refractivity contribution in [2.24, 2.45) is 5.92 Å². The summed E-state index contributed by atoms with van der Waals surface area (Å²) < 4.78 is 35.1.